The maximum atomic E-state index is 12.6. The Labute approximate surface area is 168 Å². The predicted molar refractivity (Wildman–Crippen MR) is 114 cm³/mol. The van der Waals surface area contributed by atoms with Crippen LogP contribution < -0.4 is 14.2 Å². The van der Waals surface area contributed by atoms with E-state index in [0.717, 1.165) is 28.4 Å². The van der Waals surface area contributed by atoms with E-state index in [1.807, 2.05) is 32.1 Å². The van der Waals surface area contributed by atoms with Crippen LogP contribution >= 0.6 is 0 Å². The predicted octanol–water partition coefficient (Wildman–Crippen LogP) is 5.69. The summed E-state index contributed by atoms with van der Waals surface area (Å²) in [4.78, 5) is 12.6. The van der Waals surface area contributed by atoms with Crippen LogP contribution in [0.2, 0.25) is 0 Å². The van der Waals surface area contributed by atoms with Crippen molar-refractivity contribution in [1.29, 1.82) is 0 Å². The number of allylic oxidation sites excluding steroid dienone is 1. The van der Waals surface area contributed by atoms with Gasteiger partial charge in [0.2, 0.25) is 0 Å². The first-order chi connectivity index (χ1) is 13.3. The molecule has 0 aliphatic heterocycles. The maximum Gasteiger partial charge on any atom is 0.185 e. The lowest BCUT2D eigenvalue weighted by Gasteiger charge is -2.26. The molecule has 0 fully saturated rings. The average Bonchev–Trinajstić information content (AvgIpc) is 2.65. The smallest absolute Gasteiger partial charge is 0.185 e. The Kier molecular flexibility index (Phi) is 7.27. The van der Waals surface area contributed by atoms with Crippen molar-refractivity contribution >= 4 is 11.9 Å². The summed E-state index contributed by atoms with van der Waals surface area (Å²) in [6.45, 7) is 11.4. The van der Waals surface area contributed by atoms with Crippen molar-refractivity contribution in [2.75, 3.05) is 20.3 Å². The minimum atomic E-state index is -0.155. The fraction of sp³-hybridized carbons (Fsp3) is 0.375. The molecule has 2 rings (SSSR count). The maximum absolute atomic E-state index is 12.6. The van der Waals surface area contributed by atoms with Crippen molar-refractivity contribution in [1.82, 2.24) is 0 Å². The molecule has 0 spiro atoms. The summed E-state index contributed by atoms with van der Waals surface area (Å²) >= 11 is 0. The zero-order chi connectivity index (χ0) is 20.7. The highest BCUT2D eigenvalue weighted by atomic mass is 16.5. The first-order valence-electron chi connectivity index (χ1n) is 9.60. The highest BCUT2D eigenvalue weighted by molar-refractivity contribution is 6.07. The summed E-state index contributed by atoms with van der Waals surface area (Å²) in [6, 6.07) is 11.0. The van der Waals surface area contributed by atoms with Crippen LogP contribution in [0.1, 0.15) is 56.1 Å². The Morgan fingerprint density at radius 2 is 1.61 bits per heavy atom. The molecule has 150 valence electrons. The molecular formula is C24H30O4. The SMILES string of the molecule is CCOc1cc(C=CC(=O)c2ccc(OC)cc2)c(C(C)(C)C)c(OCC)c1. The van der Waals surface area contributed by atoms with Crippen LogP contribution in [0.4, 0.5) is 0 Å². The van der Waals surface area contributed by atoms with Crippen molar-refractivity contribution in [3.63, 3.8) is 0 Å². The summed E-state index contributed by atoms with van der Waals surface area (Å²) in [7, 11) is 1.60. The van der Waals surface area contributed by atoms with Gasteiger partial charge in [-0.05, 0) is 61.2 Å². The summed E-state index contributed by atoms with van der Waals surface area (Å²) in [5.74, 6) is 2.18. The summed E-state index contributed by atoms with van der Waals surface area (Å²) in [5, 5.41) is 0. The number of ether oxygens (including phenoxy) is 3. The van der Waals surface area contributed by atoms with Gasteiger partial charge in [0, 0.05) is 17.2 Å². The molecule has 28 heavy (non-hydrogen) atoms. The second-order valence-electron chi connectivity index (χ2n) is 7.43. The van der Waals surface area contributed by atoms with Crippen LogP contribution in [0, 0.1) is 0 Å². The normalized spacial score (nSPS) is 11.5. The van der Waals surface area contributed by atoms with Gasteiger partial charge in [0.15, 0.2) is 5.78 Å². The molecule has 0 aliphatic rings. The van der Waals surface area contributed by atoms with Crippen LogP contribution in [0.15, 0.2) is 42.5 Å². The van der Waals surface area contributed by atoms with E-state index in [-0.39, 0.29) is 11.2 Å². The molecule has 0 aliphatic carbocycles. The van der Waals surface area contributed by atoms with Crippen molar-refractivity contribution in [3.05, 3.63) is 59.2 Å². The van der Waals surface area contributed by atoms with Gasteiger partial charge in [-0.3, -0.25) is 4.79 Å². The van der Waals surface area contributed by atoms with Crippen molar-refractivity contribution in [3.8, 4) is 17.2 Å². The van der Waals surface area contributed by atoms with E-state index in [9.17, 15) is 4.79 Å². The summed E-state index contributed by atoms with van der Waals surface area (Å²) in [6.07, 6.45) is 3.44. The molecule has 0 atom stereocenters. The van der Waals surface area contributed by atoms with Gasteiger partial charge in [0.05, 0.1) is 20.3 Å². The third kappa shape index (κ3) is 5.38. The van der Waals surface area contributed by atoms with Crippen LogP contribution in [0.5, 0.6) is 17.2 Å². The fourth-order valence-electron chi connectivity index (χ4n) is 3.08. The van der Waals surface area contributed by atoms with Gasteiger partial charge in [-0.25, -0.2) is 0 Å². The number of benzene rings is 2. The minimum Gasteiger partial charge on any atom is -0.497 e. The number of hydrogen-bond acceptors (Lipinski definition) is 4. The second kappa shape index (κ2) is 9.45. The van der Waals surface area contributed by atoms with E-state index in [2.05, 4.69) is 20.8 Å². The van der Waals surface area contributed by atoms with Gasteiger partial charge in [0.1, 0.15) is 17.2 Å². The zero-order valence-corrected chi connectivity index (χ0v) is 17.7. The number of hydrogen-bond donors (Lipinski definition) is 0. The second-order valence-corrected chi connectivity index (χ2v) is 7.43. The molecule has 0 unspecified atom stereocenters. The number of methoxy groups -OCH3 is 1. The molecule has 0 radical (unpaired) electrons. The fourth-order valence-corrected chi connectivity index (χ4v) is 3.08. The molecule has 2 aromatic rings. The van der Waals surface area contributed by atoms with Gasteiger partial charge in [-0.2, -0.15) is 0 Å². The Bertz CT molecular complexity index is 827. The van der Waals surface area contributed by atoms with E-state index < -0.39 is 0 Å². The molecule has 2 aromatic carbocycles. The summed E-state index contributed by atoms with van der Waals surface area (Å²) in [5.41, 5.74) is 2.43. The first-order valence-corrected chi connectivity index (χ1v) is 9.60. The van der Waals surface area contributed by atoms with Crippen LogP contribution in [0.3, 0.4) is 0 Å². The third-order valence-corrected chi connectivity index (χ3v) is 4.26. The van der Waals surface area contributed by atoms with Gasteiger partial charge in [-0.1, -0.05) is 26.8 Å². The van der Waals surface area contributed by atoms with Crippen LogP contribution in [-0.2, 0) is 5.41 Å². The number of ketones is 1. The highest BCUT2D eigenvalue weighted by Gasteiger charge is 2.23. The Balaban J connectivity index is 2.45. The molecule has 0 N–H and O–H groups in total. The molecular weight excluding hydrogens is 352 g/mol. The molecule has 4 heteroatoms. The van der Waals surface area contributed by atoms with Crippen molar-refractivity contribution < 1.29 is 19.0 Å². The topological polar surface area (TPSA) is 44.8 Å². The number of carbonyl (C=O) groups is 1. The van der Waals surface area contributed by atoms with Gasteiger partial charge in [0.25, 0.3) is 0 Å². The van der Waals surface area contributed by atoms with Crippen molar-refractivity contribution in [2.45, 2.75) is 40.0 Å². The monoisotopic (exact) mass is 382 g/mol. The Morgan fingerprint density at radius 3 is 2.14 bits per heavy atom. The molecule has 0 saturated carbocycles. The standard InChI is InChI=1S/C24H30O4/c1-7-27-20-15-18(23(24(3,4)5)22(16-20)28-8-2)11-14-21(25)17-9-12-19(26-6)13-10-17/h9-16H,7-8H2,1-6H3. The van der Waals surface area contributed by atoms with E-state index in [4.69, 9.17) is 14.2 Å². The van der Waals surface area contributed by atoms with Crippen molar-refractivity contribution in [2.24, 2.45) is 0 Å². The van der Waals surface area contributed by atoms with E-state index >= 15 is 0 Å². The van der Waals surface area contributed by atoms with Gasteiger partial charge in [-0.15, -0.1) is 0 Å². The van der Waals surface area contributed by atoms with Gasteiger partial charge < -0.3 is 14.2 Å². The average molecular weight is 383 g/mol. The van der Waals surface area contributed by atoms with E-state index in [1.54, 1.807) is 37.5 Å². The highest BCUT2D eigenvalue weighted by Crippen LogP contribution is 2.38. The van der Waals surface area contributed by atoms with Crippen LogP contribution in [-0.4, -0.2) is 26.1 Å². The lowest BCUT2D eigenvalue weighted by molar-refractivity contribution is 0.104. The molecule has 0 saturated heterocycles. The molecule has 0 aromatic heterocycles. The lowest BCUT2D eigenvalue weighted by atomic mass is 9.82. The quantitative estimate of drug-likeness (QED) is 0.435. The number of rotatable bonds is 8. The Hall–Kier alpha value is -2.75. The number of carbonyl (C=O) groups excluding carboxylic acids is 1. The Morgan fingerprint density at radius 1 is 0.964 bits per heavy atom. The largest absolute Gasteiger partial charge is 0.497 e. The molecule has 0 heterocycles. The van der Waals surface area contributed by atoms with Crippen LogP contribution in [0.25, 0.3) is 6.08 Å². The molecule has 0 amide bonds. The van der Waals surface area contributed by atoms with E-state index in [1.165, 1.54) is 0 Å². The minimum absolute atomic E-state index is 0.0673. The lowest BCUT2D eigenvalue weighted by Crippen LogP contribution is -2.16. The first kappa shape index (κ1) is 21.5. The third-order valence-electron chi connectivity index (χ3n) is 4.26. The zero-order valence-electron chi connectivity index (χ0n) is 17.7. The molecule has 4 nitrogen and oxygen atoms in total. The van der Waals surface area contributed by atoms with Gasteiger partial charge >= 0.3 is 0 Å². The van der Waals surface area contributed by atoms with E-state index in [0.29, 0.717) is 18.8 Å². The molecule has 0 bridgehead atoms. The summed E-state index contributed by atoms with van der Waals surface area (Å²) < 4.78 is 16.7.